The molecule has 7 nitrogen and oxygen atoms in total. The molecule has 0 radical (unpaired) electrons. The number of anilines is 3. The van der Waals surface area contributed by atoms with Gasteiger partial charge in [-0.2, -0.15) is 4.98 Å². The minimum absolute atomic E-state index is 0.100. The topological polar surface area (TPSA) is 88.2 Å². The van der Waals surface area contributed by atoms with Crippen molar-refractivity contribution in [2.75, 3.05) is 17.7 Å². The Kier molecular flexibility index (Phi) is 6.13. The van der Waals surface area contributed by atoms with E-state index in [-0.39, 0.29) is 11.9 Å². The summed E-state index contributed by atoms with van der Waals surface area (Å²) >= 11 is 1.63. The van der Waals surface area contributed by atoms with Crippen LogP contribution in [0.2, 0.25) is 0 Å². The van der Waals surface area contributed by atoms with Gasteiger partial charge in [-0.15, -0.1) is 11.3 Å². The van der Waals surface area contributed by atoms with Crippen LogP contribution in [0.15, 0.2) is 48.4 Å². The highest BCUT2D eigenvalue weighted by Gasteiger charge is 2.23. The molecule has 0 bridgehead atoms. The highest BCUT2D eigenvalue weighted by Crippen LogP contribution is 2.31. The Hall–Kier alpha value is -3.13. The van der Waals surface area contributed by atoms with Crippen molar-refractivity contribution in [2.24, 2.45) is 0 Å². The number of carbonyl (C=O) groups is 1. The molecule has 0 spiro atoms. The predicted molar refractivity (Wildman–Crippen MR) is 122 cm³/mol. The van der Waals surface area contributed by atoms with Crippen LogP contribution >= 0.6 is 11.3 Å². The van der Waals surface area contributed by atoms with Gasteiger partial charge in [-0.1, -0.05) is 6.58 Å². The smallest absolute Gasteiger partial charge is 0.243 e. The van der Waals surface area contributed by atoms with E-state index in [9.17, 15) is 4.79 Å². The van der Waals surface area contributed by atoms with Gasteiger partial charge in [0.15, 0.2) is 0 Å². The molecule has 30 heavy (non-hydrogen) atoms. The van der Waals surface area contributed by atoms with Crippen LogP contribution in [0.25, 0.3) is 10.2 Å². The van der Waals surface area contributed by atoms with Gasteiger partial charge < -0.3 is 20.7 Å². The monoisotopic (exact) mass is 423 g/mol. The van der Waals surface area contributed by atoms with E-state index in [4.69, 9.17) is 9.72 Å². The largest absolute Gasteiger partial charge is 0.497 e. The maximum atomic E-state index is 11.5. The van der Waals surface area contributed by atoms with Crippen LogP contribution < -0.4 is 20.7 Å². The Bertz CT molecular complexity index is 1030. The van der Waals surface area contributed by atoms with E-state index < -0.39 is 0 Å². The first kappa shape index (κ1) is 20.2. The van der Waals surface area contributed by atoms with Crippen molar-refractivity contribution in [1.82, 2.24) is 15.3 Å². The van der Waals surface area contributed by atoms with Crippen molar-refractivity contribution in [1.29, 1.82) is 0 Å². The summed E-state index contributed by atoms with van der Waals surface area (Å²) in [7, 11) is 1.65. The molecular weight excluding hydrogens is 398 g/mol. The summed E-state index contributed by atoms with van der Waals surface area (Å²) in [4.78, 5) is 20.9. The maximum Gasteiger partial charge on any atom is 0.243 e. The zero-order valence-corrected chi connectivity index (χ0v) is 17.7. The number of aromatic nitrogens is 2. The predicted octanol–water partition coefficient (Wildman–Crippen LogP) is 4.47. The molecule has 3 aromatic rings. The Morgan fingerprint density at radius 3 is 2.57 bits per heavy atom. The van der Waals surface area contributed by atoms with E-state index >= 15 is 0 Å². The Morgan fingerprint density at radius 2 is 1.87 bits per heavy atom. The molecule has 3 N–H and O–H groups in total. The summed E-state index contributed by atoms with van der Waals surface area (Å²) in [5, 5.41) is 11.9. The fourth-order valence-corrected chi connectivity index (χ4v) is 4.44. The maximum absolute atomic E-state index is 11.5. The second kappa shape index (κ2) is 9.13. The Labute approximate surface area is 179 Å². The third-order valence-corrected chi connectivity index (χ3v) is 6.16. The zero-order valence-electron chi connectivity index (χ0n) is 16.9. The molecule has 1 fully saturated rings. The molecular formula is C22H25N5O2S. The quantitative estimate of drug-likeness (QED) is 0.486. The molecule has 1 aliphatic carbocycles. The number of rotatable bonds is 7. The summed E-state index contributed by atoms with van der Waals surface area (Å²) in [5.41, 5.74) is 1.82. The lowest BCUT2D eigenvalue weighted by molar-refractivity contribution is -0.117. The number of hydrogen-bond donors (Lipinski definition) is 3. The highest BCUT2D eigenvalue weighted by molar-refractivity contribution is 7.17. The van der Waals surface area contributed by atoms with Crippen molar-refractivity contribution in [3.8, 4) is 5.75 Å². The molecule has 2 heterocycles. The van der Waals surface area contributed by atoms with Crippen molar-refractivity contribution in [3.63, 3.8) is 0 Å². The van der Waals surface area contributed by atoms with Gasteiger partial charge in [-0.25, -0.2) is 4.98 Å². The third-order valence-electron chi connectivity index (χ3n) is 5.25. The van der Waals surface area contributed by atoms with Crippen molar-refractivity contribution in [3.05, 3.63) is 48.4 Å². The fraction of sp³-hybridized carbons (Fsp3) is 0.318. The second-order valence-electron chi connectivity index (χ2n) is 7.29. The minimum Gasteiger partial charge on any atom is -0.497 e. The Morgan fingerprint density at radius 1 is 1.13 bits per heavy atom. The van der Waals surface area contributed by atoms with Gasteiger partial charge in [-0.05, 0) is 67.5 Å². The van der Waals surface area contributed by atoms with Crippen LogP contribution in [0.5, 0.6) is 5.75 Å². The van der Waals surface area contributed by atoms with E-state index in [1.807, 2.05) is 35.7 Å². The summed E-state index contributed by atoms with van der Waals surface area (Å²) in [6.45, 7) is 3.52. The van der Waals surface area contributed by atoms with E-state index in [1.165, 1.54) is 6.08 Å². The number of amides is 1. The standard InChI is InChI=1S/C22H25N5O2S/c1-3-19(28)23-14-4-6-15(7-5-14)24-21-20-18(12-13-30-20)26-22(27-21)25-16-8-10-17(29-2)11-9-16/h3,8-15H,1,4-7H2,2H3,(H,23,28)(H2,24,25,26,27)/t14-,15+. The molecule has 0 aliphatic heterocycles. The Balaban J connectivity index is 1.46. The highest BCUT2D eigenvalue weighted by atomic mass is 32.1. The zero-order chi connectivity index (χ0) is 20.9. The van der Waals surface area contributed by atoms with Crippen LogP contribution in [0, 0.1) is 0 Å². The molecule has 1 aliphatic rings. The molecule has 1 aromatic carbocycles. The first-order chi connectivity index (χ1) is 14.6. The van der Waals surface area contributed by atoms with Crippen molar-refractivity contribution in [2.45, 2.75) is 37.8 Å². The lowest BCUT2D eigenvalue weighted by atomic mass is 9.91. The third kappa shape index (κ3) is 4.71. The fourth-order valence-electron chi connectivity index (χ4n) is 3.66. The number of nitrogens with one attached hydrogen (secondary N) is 3. The molecule has 8 heteroatoms. The summed E-state index contributed by atoms with van der Waals surface area (Å²) < 4.78 is 6.26. The normalized spacial score (nSPS) is 18.6. The van der Waals surface area contributed by atoms with Gasteiger partial charge in [-0.3, -0.25) is 4.79 Å². The van der Waals surface area contributed by atoms with Crippen LogP contribution in [-0.4, -0.2) is 35.1 Å². The van der Waals surface area contributed by atoms with E-state index in [1.54, 1.807) is 18.4 Å². The average molecular weight is 424 g/mol. The van der Waals surface area contributed by atoms with Gasteiger partial charge >= 0.3 is 0 Å². The molecule has 2 aromatic heterocycles. The van der Waals surface area contributed by atoms with Crippen LogP contribution in [0.3, 0.4) is 0 Å². The van der Waals surface area contributed by atoms with Crippen LogP contribution in [0.4, 0.5) is 17.5 Å². The number of thiophene rings is 1. The number of methoxy groups -OCH3 is 1. The van der Waals surface area contributed by atoms with Crippen molar-refractivity contribution < 1.29 is 9.53 Å². The number of fused-ring (bicyclic) bond motifs is 1. The molecule has 156 valence electrons. The lowest BCUT2D eigenvalue weighted by Gasteiger charge is -2.29. The number of ether oxygens (including phenoxy) is 1. The van der Waals surface area contributed by atoms with Crippen LogP contribution in [-0.2, 0) is 4.79 Å². The molecule has 1 saturated carbocycles. The van der Waals surface area contributed by atoms with Gasteiger partial charge in [0.05, 0.1) is 17.3 Å². The summed E-state index contributed by atoms with van der Waals surface area (Å²) in [6, 6.07) is 10.2. The lowest BCUT2D eigenvalue weighted by Crippen LogP contribution is -2.39. The second-order valence-corrected chi connectivity index (χ2v) is 8.21. The molecule has 0 atom stereocenters. The number of nitrogens with zero attached hydrogens (tertiary/aromatic N) is 2. The number of benzene rings is 1. The van der Waals surface area contributed by atoms with Gasteiger partial charge in [0.2, 0.25) is 11.9 Å². The molecule has 4 rings (SSSR count). The molecule has 1 amide bonds. The van der Waals surface area contributed by atoms with E-state index in [2.05, 4.69) is 27.5 Å². The molecule has 0 unspecified atom stereocenters. The van der Waals surface area contributed by atoms with Gasteiger partial charge in [0.25, 0.3) is 0 Å². The van der Waals surface area contributed by atoms with E-state index in [0.717, 1.165) is 53.2 Å². The van der Waals surface area contributed by atoms with Crippen LogP contribution in [0.1, 0.15) is 25.7 Å². The van der Waals surface area contributed by atoms with Gasteiger partial charge in [0, 0.05) is 17.8 Å². The van der Waals surface area contributed by atoms with Crippen molar-refractivity contribution >= 4 is 44.9 Å². The number of carbonyl (C=O) groups excluding carboxylic acids is 1. The van der Waals surface area contributed by atoms with Gasteiger partial charge in [0.1, 0.15) is 11.6 Å². The average Bonchev–Trinajstić information content (AvgIpc) is 3.24. The first-order valence-electron chi connectivity index (χ1n) is 10.0. The number of hydrogen-bond acceptors (Lipinski definition) is 7. The first-order valence-corrected chi connectivity index (χ1v) is 10.9. The summed E-state index contributed by atoms with van der Waals surface area (Å²) in [5.74, 6) is 2.11. The van der Waals surface area contributed by atoms with E-state index in [0.29, 0.717) is 12.0 Å². The SMILES string of the molecule is C=CC(=O)N[C@H]1CC[C@@H](Nc2nc(Nc3ccc(OC)cc3)nc3ccsc23)CC1. The summed E-state index contributed by atoms with van der Waals surface area (Å²) in [6.07, 6.45) is 5.15. The minimum atomic E-state index is -0.100. The molecule has 0 saturated heterocycles.